The van der Waals surface area contributed by atoms with E-state index in [4.69, 9.17) is 13.8 Å². The van der Waals surface area contributed by atoms with E-state index in [9.17, 15) is 19.0 Å². The fraction of sp³-hybridized carbons (Fsp3) is 0.701. The predicted octanol–water partition coefficient (Wildman–Crippen LogP) is 19.3. The lowest BCUT2D eigenvalue weighted by Crippen LogP contribution is -2.47. The molecule has 10 heteroatoms. The number of amides is 1. The van der Waals surface area contributed by atoms with E-state index in [2.05, 4.69) is 123 Å². The summed E-state index contributed by atoms with van der Waals surface area (Å²) in [6.45, 7) is 6.75. The zero-order valence-electron chi connectivity index (χ0n) is 50.4. The molecule has 0 fully saturated rings. The van der Waals surface area contributed by atoms with Gasteiger partial charge in [-0.05, 0) is 109 Å². The number of hydrogen-bond acceptors (Lipinski definition) is 6. The van der Waals surface area contributed by atoms with Gasteiger partial charge in [-0.3, -0.25) is 18.6 Å². The number of allylic oxidation sites excluding steroid dienone is 17. The number of ether oxygens (including phenoxy) is 1. The standard InChI is InChI=1S/C67H117N2O7P/c1-7-10-13-16-19-22-25-28-30-31-32-33-34-35-36-37-38-39-40-42-45-48-51-54-57-60-67(71)76-65(58-55-52-49-46-43-27-24-21-18-15-12-9-3)64(63-75-77(72,73)74-62-61-69(4,5)6)68-66(70)59-56-53-50-47-44-41-29-26-23-20-17-14-11-8-2/h10-11,13-14,19-20,22-23,28-30,32-33,35-36,41,55,58,64-65H,7-9,12,15-18,21,24-27,31,34,37-40,42-54,56-57,59-63H2,1-6H3,(H-,68,70,72,73)/p+1/b13-10-,14-11+,22-19-,23-20+,30-28-,33-32-,36-35-,41-29+,58-55-. The quantitative estimate of drug-likeness (QED) is 0.0205. The van der Waals surface area contributed by atoms with Gasteiger partial charge in [0, 0.05) is 12.8 Å². The van der Waals surface area contributed by atoms with Gasteiger partial charge in [0.1, 0.15) is 19.3 Å². The molecule has 9 nitrogen and oxygen atoms in total. The summed E-state index contributed by atoms with van der Waals surface area (Å²) in [6.07, 6.45) is 76.6. The summed E-state index contributed by atoms with van der Waals surface area (Å²) in [7, 11) is 1.46. The maximum Gasteiger partial charge on any atom is 0.472 e. The summed E-state index contributed by atoms with van der Waals surface area (Å²) in [5, 5.41) is 3.04. The molecule has 0 saturated heterocycles. The van der Waals surface area contributed by atoms with E-state index in [1.165, 1.54) is 83.5 Å². The van der Waals surface area contributed by atoms with Crippen molar-refractivity contribution in [2.75, 3.05) is 40.9 Å². The van der Waals surface area contributed by atoms with Crippen molar-refractivity contribution >= 4 is 19.7 Å². The van der Waals surface area contributed by atoms with Crippen molar-refractivity contribution in [1.29, 1.82) is 0 Å². The van der Waals surface area contributed by atoms with E-state index < -0.39 is 20.0 Å². The monoisotopic (exact) mass is 1090 g/mol. The topological polar surface area (TPSA) is 111 Å². The highest BCUT2D eigenvalue weighted by atomic mass is 31.2. The normalized spacial score (nSPS) is 14.4. The summed E-state index contributed by atoms with van der Waals surface area (Å²) in [6, 6.07) is -0.869. The van der Waals surface area contributed by atoms with Crippen molar-refractivity contribution in [1.82, 2.24) is 5.32 Å². The van der Waals surface area contributed by atoms with Crippen LogP contribution in [0.2, 0.25) is 0 Å². The SMILES string of the molecule is CC/C=C\C/C=C\C/C=C\C/C=C\C/C=C\CCCCCCCCCCCC(=O)OC(/C=C\CCCCCCCCCCCC)C(COP(=O)(O)OCC[N+](C)(C)C)NC(=O)CCCCCC/C=C/C/C=C/C/C=C/CC. The van der Waals surface area contributed by atoms with Crippen LogP contribution in [-0.2, 0) is 27.9 Å². The van der Waals surface area contributed by atoms with Crippen molar-refractivity contribution in [3.63, 3.8) is 0 Å². The third kappa shape index (κ3) is 57.2. The van der Waals surface area contributed by atoms with E-state index >= 15 is 0 Å². The summed E-state index contributed by atoms with van der Waals surface area (Å²) in [5.74, 6) is -0.543. The second-order valence-corrected chi connectivity index (χ2v) is 23.3. The van der Waals surface area contributed by atoms with Crippen molar-refractivity contribution in [3.05, 3.63) is 109 Å². The van der Waals surface area contributed by atoms with Crippen molar-refractivity contribution in [2.24, 2.45) is 0 Å². The Morgan fingerprint density at radius 2 is 0.831 bits per heavy atom. The maximum absolute atomic E-state index is 13.5. The molecule has 0 heterocycles. The first-order valence-corrected chi connectivity index (χ1v) is 32.7. The van der Waals surface area contributed by atoms with Crippen LogP contribution in [0.5, 0.6) is 0 Å². The Morgan fingerprint density at radius 1 is 0.468 bits per heavy atom. The molecule has 0 bridgehead atoms. The molecule has 0 rings (SSSR count). The molecule has 0 aromatic heterocycles. The first kappa shape index (κ1) is 73.7. The van der Waals surface area contributed by atoms with E-state index in [-0.39, 0.29) is 31.5 Å². The predicted molar refractivity (Wildman–Crippen MR) is 332 cm³/mol. The van der Waals surface area contributed by atoms with Gasteiger partial charge in [-0.15, -0.1) is 0 Å². The smallest absolute Gasteiger partial charge is 0.456 e. The largest absolute Gasteiger partial charge is 0.472 e. The Balaban J connectivity index is 5.20. The molecule has 0 saturated carbocycles. The fourth-order valence-corrected chi connectivity index (χ4v) is 9.19. The Labute approximate surface area is 474 Å². The number of quaternary nitrogens is 1. The highest BCUT2D eigenvalue weighted by Crippen LogP contribution is 2.43. The zero-order chi connectivity index (χ0) is 56.4. The van der Waals surface area contributed by atoms with Crippen LogP contribution in [0.1, 0.15) is 252 Å². The number of nitrogens with one attached hydrogen (secondary N) is 1. The second kappa shape index (κ2) is 56.0. The van der Waals surface area contributed by atoms with Gasteiger partial charge in [-0.25, -0.2) is 4.57 Å². The molecular formula is C67H118N2O7P+. The molecule has 442 valence electrons. The van der Waals surface area contributed by atoms with Gasteiger partial charge in [0.25, 0.3) is 0 Å². The summed E-state index contributed by atoms with van der Waals surface area (Å²) in [4.78, 5) is 37.7. The number of unbranched alkanes of at least 4 members (excludes halogenated alkanes) is 23. The third-order valence-electron chi connectivity index (χ3n) is 13.2. The highest BCUT2D eigenvalue weighted by molar-refractivity contribution is 7.47. The van der Waals surface area contributed by atoms with Gasteiger partial charge in [0.15, 0.2) is 0 Å². The molecule has 77 heavy (non-hydrogen) atoms. The third-order valence-corrected chi connectivity index (χ3v) is 14.2. The van der Waals surface area contributed by atoms with E-state index in [0.29, 0.717) is 23.9 Å². The number of carbonyl (C=O) groups is 2. The lowest BCUT2D eigenvalue weighted by atomic mass is 10.0. The summed E-state index contributed by atoms with van der Waals surface area (Å²) in [5.41, 5.74) is 0. The van der Waals surface area contributed by atoms with E-state index in [1.54, 1.807) is 0 Å². The summed E-state index contributed by atoms with van der Waals surface area (Å²) < 4.78 is 30.7. The van der Waals surface area contributed by atoms with Crippen LogP contribution in [0.3, 0.4) is 0 Å². The number of hydrogen-bond donors (Lipinski definition) is 2. The number of rotatable bonds is 55. The molecule has 3 atom stereocenters. The lowest BCUT2D eigenvalue weighted by molar-refractivity contribution is -0.870. The molecule has 0 aromatic rings. The van der Waals surface area contributed by atoms with Crippen LogP contribution in [0, 0.1) is 0 Å². The van der Waals surface area contributed by atoms with Gasteiger partial charge in [-0.1, -0.05) is 240 Å². The number of esters is 1. The fourth-order valence-electron chi connectivity index (χ4n) is 8.45. The molecule has 0 spiro atoms. The molecule has 3 unspecified atom stereocenters. The number of nitrogens with zero attached hydrogens (tertiary/aromatic N) is 1. The molecule has 0 aliphatic heterocycles. The second-order valence-electron chi connectivity index (χ2n) is 21.8. The van der Waals surface area contributed by atoms with Gasteiger partial charge in [0.2, 0.25) is 5.91 Å². The van der Waals surface area contributed by atoms with Crippen molar-refractivity contribution in [3.8, 4) is 0 Å². The van der Waals surface area contributed by atoms with E-state index in [0.717, 1.165) is 128 Å². The minimum absolute atomic E-state index is 0.0295. The van der Waals surface area contributed by atoms with Crippen LogP contribution in [0.4, 0.5) is 0 Å². The van der Waals surface area contributed by atoms with E-state index in [1.807, 2.05) is 33.3 Å². The number of phosphoric acid groups is 1. The van der Waals surface area contributed by atoms with Crippen LogP contribution in [-0.4, -0.2) is 74.3 Å². The Morgan fingerprint density at radius 3 is 1.25 bits per heavy atom. The Kier molecular flexibility index (Phi) is 53.5. The van der Waals surface area contributed by atoms with Crippen LogP contribution in [0.25, 0.3) is 0 Å². The molecule has 1 amide bonds. The van der Waals surface area contributed by atoms with Crippen LogP contribution >= 0.6 is 7.82 Å². The summed E-state index contributed by atoms with van der Waals surface area (Å²) >= 11 is 0. The lowest BCUT2D eigenvalue weighted by Gasteiger charge is -2.27. The van der Waals surface area contributed by atoms with Gasteiger partial charge >= 0.3 is 13.8 Å². The average molecular weight is 1090 g/mol. The molecular weight excluding hydrogens is 976 g/mol. The van der Waals surface area contributed by atoms with Crippen molar-refractivity contribution < 1.29 is 37.3 Å². The number of carbonyl (C=O) groups excluding carboxylic acids is 2. The van der Waals surface area contributed by atoms with Gasteiger partial charge in [0.05, 0.1) is 33.8 Å². The highest BCUT2D eigenvalue weighted by Gasteiger charge is 2.30. The molecule has 0 aliphatic carbocycles. The minimum atomic E-state index is -4.46. The molecule has 0 radical (unpaired) electrons. The number of phosphoric ester groups is 1. The Hall–Kier alpha value is -3.33. The van der Waals surface area contributed by atoms with Crippen molar-refractivity contribution in [2.45, 2.75) is 264 Å². The van der Waals surface area contributed by atoms with Crippen LogP contribution < -0.4 is 5.32 Å². The van der Waals surface area contributed by atoms with Crippen LogP contribution in [0.15, 0.2) is 109 Å². The molecule has 2 N–H and O–H groups in total. The molecule has 0 aliphatic rings. The first-order valence-electron chi connectivity index (χ1n) is 31.2. The zero-order valence-corrected chi connectivity index (χ0v) is 51.3. The minimum Gasteiger partial charge on any atom is -0.456 e. The van der Waals surface area contributed by atoms with Gasteiger partial charge < -0.3 is 19.4 Å². The van der Waals surface area contributed by atoms with Gasteiger partial charge in [-0.2, -0.15) is 0 Å². The number of likely N-dealkylation sites (N-methyl/N-ethyl adjacent to an activating group) is 1. The maximum atomic E-state index is 13.5. The first-order chi connectivity index (χ1) is 37.4. The average Bonchev–Trinajstić information content (AvgIpc) is 3.39. The Bertz CT molecular complexity index is 1690. The molecule has 0 aromatic carbocycles.